The van der Waals surface area contributed by atoms with Gasteiger partial charge in [-0.1, -0.05) is 39.8 Å². The number of hydrogen-bond donors (Lipinski definition) is 3. The van der Waals surface area contributed by atoms with Crippen LogP contribution in [0.2, 0.25) is 0 Å². The average molecular weight is 544 g/mol. The van der Waals surface area contributed by atoms with Crippen molar-refractivity contribution in [2.75, 3.05) is 32.8 Å². The minimum Gasteiger partial charge on any atom is -0.493 e. The van der Waals surface area contributed by atoms with E-state index in [0.717, 1.165) is 24.1 Å². The standard InChI is InChI=1S/C31H49N3O5/c1-20(2)24(16-23-12-13-28(38-7)29(17-23)39-15-9-14-37-6)18-26(32)27(35)19-25(21(3)4)31(36)34-30-11-8-10-22(5)33-30/h8,10-13,17,20-21,24-27,35H,9,14-16,18-19,32H2,1-7H3,(H,33,34,36). The van der Waals surface area contributed by atoms with Gasteiger partial charge in [-0.05, 0) is 73.8 Å². The van der Waals surface area contributed by atoms with Gasteiger partial charge in [-0.2, -0.15) is 0 Å². The molecule has 8 nitrogen and oxygen atoms in total. The Bertz CT molecular complexity index is 1010. The van der Waals surface area contributed by atoms with E-state index in [2.05, 4.69) is 30.2 Å². The molecule has 4 N–H and O–H groups in total. The number of aliphatic hydroxyl groups excluding tert-OH is 1. The number of nitrogens with two attached hydrogens (primary N) is 1. The van der Waals surface area contributed by atoms with Crippen LogP contribution in [0.1, 0.15) is 58.2 Å². The molecule has 0 spiro atoms. The van der Waals surface area contributed by atoms with E-state index in [1.165, 1.54) is 0 Å². The van der Waals surface area contributed by atoms with Crippen molar-refractivity contribution in [2.45, 2.75) is 72.4 Å². The first kappa shape index (κ1) is 32.5. The van der Waals surface area contributed by atoms with Crippen molar-refractivity contribution < 1.29 is 24.1 Å². The fourth-order valence-corrected chi connectivity index (χ4v) is 4.70. The van der Waals surface area contributed by atoms with E-state index < -0.39 is 12.1 Å². The molecule has 2 rings (SSSR count). The topological polar surface area (TPSA) is 116 Å². The second kappa shape index (κ2) is 16.4. The lowest BCUT2D eigenvalue weighted by Gasteiger charge is -2.30. The summed E-state index contributed by atoms with van der Waals surface area (Å²) < 4.78 is 16.5. The summed E-state index contributed by atoms with van der Waals surface area (Å²) in [5.74, 6) is 2.04. The Labute approximate surface area is 234 Å². The van der Waals surface area contributed by atoms with E-state index in [-0.39, 0.29) is 23.7 Å². The van der Waals surface area contributed by atoms with Crippen molar-refractivity contribution >= 4 is 11.7 Å². The summed E-state index contributed by atoms with van der Waals surface area (Å²) in [7, 11) is 3.31. The van der Waals surface area contributed by atoms with Gasteiger partial charge in [0.15, 0.2) is 11.5 Å². The zero-order valence-electron chi connectivity index (χ0n) is 24.8. The number of methoxy groups -OCH3 is 2. The second-order valence-corrected chi connectivity index (χ2v) is 11.1. The van der Waals surface area contributed by atoms with Crippen molar-refractivity contribution in [3.8, 4) is 11.5 Å². The van der Waals surface area contributed by atoms with Gasteiger partial charge in [0.1, 0.15) is 5.82 Å². The van der Waals surface area contributed by atoms with Gasteiger partial charge in [0.2, 0.25) is 5.91 Å². The van der Waals surface area contributed by atoms with Gasteiger partial charge >= 0.3 is 0 Å². The molecule has 0 saturated carbocycles. The first-order valence-electron chi connectivity index (χ1n) is 14.0. The zero-order valence-corrected chi connectivity index (χ0v) is 24.8. The normalized spacial score (nSPS) is 14.6. The maximum atomic E-state index is 13.1. The van der Waals surface area contributed by atoms with E-state index in [1.807, 2.05) is 45.0 Å². The molecular formula is C31H49N3O5. The molecule has 0 bridgehead atoms. The molecule has 0 aliphatic rings. The molecule has 2 aromatic rings. The zero-order chi connectivity index (χ0) is 28.9. The molecule has 218 valence electrons. The van der Waals surface area contributed by atoms with Crippen LogP contribution in [0.5, 0.6) is 11.5 Å². The number of pyridine rings is 1. The molecule has 0 aliphatic heterocycles. The molecule has 39 heavy (non-hydrogen) atoms. The highest BCUT2D eigenvalue weighted by Crippen LogP contribution is 2.32. The number of carbonyl (C=O) groups excluding carboxylic acids is 1. The summed E-state index contributed by atoms with van der Waals surface area (Å²) in [5.41, 5.74) is 8.51. The highest BCUT2D eigenvalue weighted by Gasteiger charge is 2.30. The van der Waals surface area contributed by atoms with E-state index >= 15 is 0 Å². The Morgan fingerprint density at radius 1 is 1.03 bits per heavy atom. The summed E-state index contributed by atoms with van der Waals surface area (Å²) in [6.45, 7) is 11.4. The number of aliphatic hydroxyl groups is 1. The SMILES string of the molecule is COCCCOc1cc(CC(CC(N)C(O)CC(C(=O)Nc2cccc(C)n2)C(C)C)C(C)C)ccc1OC. The Morgan fingerprint density at radius 2 is 1.77 bits per heavy atom. The Kier molecular flexibility index (Phi) is 13.7. The van der Waals surface area contributed by atoms with Gasteiger partial charge in [0.05, 0.1) is 19.8 Å². The molecule has 4 unspecified atom stereocenters. The summed E-state index contributed by atoms with van der Waals surface area (Å²) >= 11 is 0. The lowest BCUT2D eigenvalue weighted by Crippen LogP contribution is -2.41. The van der Waals surface area contributed by atoms with Crippen molar-refractivity contribution in [3.05, 3.63) is 47.7 Å². The Morgan fingerprint density at radius 3 is 2.38 bits per heavy atom. The molecule has 1 aromatic carbocycles. The van der Waals surface area contributed by atoms with E-state index in [0.29, 0.717) is 49.3 Å². The Balaban J connectivity index is 2.04. The highest BCUT2D eigenvalue weighted by atomic mass is 16.5. The van der Waals surface area contributed by atoms with Crippen molar-refractivity contribution in [3.63, 3.8) is 0 Å². The predicted molar refractivity (Wildman–Crippen MR) is 156 cm³/mol. The molecule has 0 saturated heterocycles. The van der Waals surface area contributed by atoms with Gasteiger partial charge in [0, 0.05) is 37.8 Å². The number of aryl methyl sites for hydroxylation is 1. The van der Waals surface area contributed by atoms with Gasteiger partial charge in [-0.15, -0.1) is 0 Å². The number of benzene rings is 1. The number of rotatable bonds is 17. The lowest BCUT2D eigenvalue weighted by molar-refractivity contribution is -0.122. The predicted octanol–water partition coefficient (Wildman–Crippen LogP) is 5.01. The van der Waals surface area contributed by atoms with Gasteiger partial charge in [-0.25, -0.2) is 4.98 Å². The average Bonchev–Trinajstić information content (AvgIpc) is 2.88. The number of anilines is 1. The maximum Gasteiger partial charge on any atom is 0.228 e. The van der Waals surface area contributed by atoms with Gasteiger partial charge < -0.3 is 30.4 Å². The largest absolute Gasteiger partial charge is 0.493 e. The van der Waals surface area contributed by atoms with Crippen molar-refractivity contribution in [1.82, 2.24) is 4.98 Å². The minimum atomic E-state index is -0.801. The smallest absolute Gasteiger partial charge is 0.228 e. The monoisotopic (exact) mass is 543 g/mol. The molecule has 1 heterocycles. The van der Waals surface area contributed by atoms with E-state index in [4.69, 9.17) is 19.9 Å². The number of carbonyl (C=O) groups is 1. The first-order chi connectivity index (χ1) is 18.5. The first-order valence-corrected chi connectivity index (χ1v) is 14.0. The van der Waals surface area contributed by atoms with Crippen LogP contribution < -0.4 is 20.5 Å². The van der Waals surface area contributed by atoms with Gasteiger partial charge in [-0.3, -0.25) is 4.79 Å². The lowest BCUT2D eigenvalue weighted by atomic mass is 9.81. The number of nitrogens with one attached hydrogen (secondary N) is 1. The van der Waals surface area contributed by atoms with Crippen LogP contribution in [-0.4, -0.2) is 55.6 Å². The van der Waals surface area contributed by atoms with Gasteiger partial charge in [0.25, 0.3) is 0 Å². The molecule has 4 atom stereocenters. The number of ether oxygens (including phenoxy) is 3. The molecule has 0 radical (unpaired) electrons. The summed E-state index contributed by atoms with van der Waals surface area (Å²) in [5, 5.41) is 14.0. The van der Waals surface area contributed by atoms with Crippen LogP contribution in [0.25, 0.3) is 0 Å². The number of amides is 1. The fraction of sp³-hybridized carbons (Fsp3) is 0.613. The van der Waals surface area contributed by atoms with Crippen LogP contribution in [0.4, 0.5) is 5.82 Å². The molecular weight excluding hydrogens is 494 g/mol. The second-order valence-electron chi connectivity index (χ2n) is 11.1. The third-order valence-corrected chi connectivity index (χ3v) is 7.26. The van der Waals surface area contributed by atoms with Crippen LogP contribution in [0.15, 0.2) is 36.4 Å². The summed E-state index contributed by atoms with van der Waals surface area (Å²) in [6, 6.07) is 11.1. The number of nitrogens with zero attached hydrogens (tertiary/aromatic N) is 1. The third-order valence-electron chi connectivity index (χ3n) is 7.26. The molecule has 0 aliphatic carbocycles. The molecule has 1 amide bonds. The van der Waals surface area contributed by atoms with E-state index in [9.17, 15) is 9.90 Å². The quantitative estimate of drug-likeness (QED) is 0.240. The van der Waals surface area contributed by atoms with Crippen LogP contribution in [-0.2, 0) is 16.0 Å². The molecule has 8 heteroatoms. The van der Waals surface area contributed by atoms with Crippen LogP contribution >= 0.6 is 0 Å². The van der Waals surface area contributed by atoms with Crippen molar-refractivity contribution in [1.29, 1.82) is 0 Å². The Hall–Kier alpha value is -2.68. The molecule has 0 fully saturated rings. The van der Waals surface area contributed by atoms with Crippen LogP contribution in [0.3, 0.4) is 0 Å². The number of hydrogen-bond acceptors (Lipinski definition) is 7. The minimum absolute atomic E-state index is 0.0409. The van der Waals surface area contributed by atoms with Crippen LogP contribution in [0, 0.1) is 30.6 Å². The van der Waals surface area contributed by atoms with E-state index in [1.54, 1.807) is 20.3 Å². The maximum absolute atomic E-state index is 13.1. The van der Waals surface area contributed by atoms with Crippen molar-refractivity contribution in [2.24, 2.45) is 29.4 Å². The summed E-state index contributed by atoms with van der Waals surface area (Å²) in [6.07, 6.45) is 1.72. The fourth-order valence-electron chi connectivity index (χ4n) is 4.70. The summed E-state index contributed by atoms with van der Waals surface area (Å²) in [4.78, 5) is 17.4. The highest BCUT2D eigenvalue weighted by molar-refractivity contribution is 5.91. The molecule has 1 aromatic heterocycles. The third kappa shape index (κ3) is 10.8. The number of aromatic nitrogens is 1.